The maximum Gasteiger partial charge on any atom is 0.416 e. The number of hydrogen-bond donors (Lipinski definition) is 1. The Hall–Kier alpha value is -1.92. The zero-order chi connectivity index (χ0) is 12.5. The summed E-state index contributed by atoms with van der Waals surface area (Å²) in [7, 11) is 0. The highest BCUT2D eigenvalue weighted by atomic mass is 19.4. The normalized spacial score (nSPS) is 11.8. The van der Waals surface area contributed by atoms with Gasteiger partial charge in [-0.15, -0.1) is 0 Å². The molecule has 0 saturated carbocycles. The van der Waals surface area contributed by atoms with Crippen LogP contribution in [0.4, 0.5) is 17.6 Å². The summed E-state index contributed by atoms with van der Waals surface area (Å²) in [5.74, 6) is -0.543. The maximum atomic E-state index is 13.0. The lowest BCUT2D eigenvalue weighted by molar-refractivity contribution is -0.137. The maximum absolute atomic E-state index is 13.0. The van der Waals surface area contributed by atoms with Gasteiger partial charge in [0.2, 0.25) is 0 Å². The SMILES string of the molecule is Fc1cc(Cc2ncn[nH]2)cc(C(F)(F)F)c1. The monoisotopic (exact) mass is 245 g/mol. The van der Waals surface area contributed by atoms with Crippen LogP contribution in [0.1, 0.15) is 17.0 Å². The molecule has 2 rings (SSSR count). The number of nitrogens with zero attached hydrogens (tertiary/aromatic N) is 2. The fraction of sp³-hybridized carbons (Fsp3) is 0.200. The molecule has 1 aromatic heterocycles. The van der Waals surface area contributed by atoms with Gasteiger partial charge in [-0.1, -0.05) is 0 Å². The topological polar surface area (TPSA) is 41.6 Å². The van der Waals surface area contributed by atoms with E-state index in [9.17, 15) is 17.6 Å². The van der Waals surface area contributed by atoms with Crippen molar-refractivity contribution in [3.05, 3.63) is 47.3 Å². The molecule has 7 heteroatoms. The van der Waals surface area contributed by atoms with E-state index in [1.807, 2.05) is 0 Å². The fourth-order valence-electron chi connectivity index (χ4n) is 1.43. The van der Waals surface area contributed by atoms with Gasteiger partial charge in [-0.05, 0) is 23.8 Å². The molecule has 17 heavy (non-hydrogen) atoms. The third kappa shape index (κ3) is 2.80. The van der Waals surface area contributed by atoms with Crippen molar-refractivity contribution in [1.29, 1.82) is 0 Å². The molecule has 1 aromatic carbocycles. The van der Waals surface area contributed by atoms with Crippen molar-refractivity contribution < 1.29 is 17.6 Å². The average Bonchev–Trinajstić information content (AvgIpc) is 2.68. The molecule has 0 aliphatic carbocycles. The summed E-state index contributed by atoms with van der Waals surface area (Å²) in [6.45, 7) is 0. The van der Waals surface area contributed by atoms with Crippen LogP contribution in [-0.2, 0) is 12.6 Å². The molecular formula is C10H7F4N3. The summed E-state index contributed by atoms with van der Waals surface area (Å²) in [5, 5.41) is 6.06. The Kier molecular flexibility index (Phi) is 2.83. The van der Waals surface area contributed by atoms with Crippen molar-refractivity contribution in [1.82, 2.24) is 15.2 Å². The molecule has 0 radical (unpaired) electrons. The number of halogens is 4. The first-order valence-electron chi connectivity index (χ1n) is 4.66. The Labute approximate surface area is 93.5 Å². The van der Waals surface area contributed by atoms with Gasteiger partial charge in [-0.3, -0.25) is 5.10 Å². The number of nitrogens with one attached hydrogen (secondary N) is 1. The predicted molar refractivity (Wildman–Crippen MR) is 50.6 cm³/mol. The highest BCUT2D eigenvalue weighted by Crippen LogP contribution is 2.30. The molecule has 0 amide bonds. The number of rotatable bonds is 2. The molecule has 0 saturated heterocycles. The van der Waals surface area contributed by atoms with Crippen LogP contribution in [-0.4, -0.2) is 15.2 Å². The van der Waals surface area contributed by atoms with Crippen LogP contribution in [0.5, 0.6) is 0 Å². The summed E-state index contributed by atoms with van der Waals surface area (Å²) >= 11 is 0. The second kappa shape index (κ2) is 4.15. The summed E-state index contributed by atoms with van der Waals surface area (Å²) in [5.41, 5.74) is -0.818. The first kappa shape index (κ1) is 11.6. The average molecular weight is 245 g/mol. The third-order valence-electron chi connectivity index (χ3n) is 2.12. The highest BCUT2D eigenvalue weighted by Gasteiger charge is 2.31. The summed E-state index contributed by atoms with van der Waals surface area (Å²) in [4.78, 5) is 3.76. The van der Waals surface area contributed by atoms with Crippen molar-refractivity contribution >= 4 is 0 Å². The molecule has 90 valence electrons. The van der Waals surface area contributed by atoms with Gasteiger partial charge in [0.15, 0.2) is 0 Å². The molecule has 1 heterocycles. The molecule has 2 aromatic rings. The van der Waals surface area contributed by atoms with Crippen LogP contribution in [0, 0.1) is 5.82 Å². The largest absolute Gasteiger partial charge is 0.416 e. The van der Waals surface area contributed by atoms with Crippen molar-refractivity contribution in [3.8, 4) is 0 Å². The van der Waals surface area contributed by atoms with E-state index >= 15 is 0 Å². The van der Waals surface area contributed by atoms with E-state index in [-0.39, 0.29) is 12.0 Å². The van der Waals surface area contributed by atoms with Gasteiger partial charge in [0.1, 0.15) is 18.0 Å². The molecule has 3 nitrogen and oxygen atoms in total. The molecular weight excluding hydrogens is 238 g/mol. The van der Waals surface area contributed by atoms with Gasteiger partial charge >= 0.3 is 6.18 Å². The van der Waals surface area contributed by atoms with E-state index < -0.39 is 17.6 Å². The minimum absolute atomic E-state index is 0.0703. The van der Waals surface area contributed by atoms with Crippen LogP contribution < -0.4 is 0 Å². The number of aromatic amines is 1. The number of benzene rings is 1. The van der Waals surface area contributed by atoms with Crippen molar-refractivity contribution in [2.45, 2.75) is 12.6 Å². The highest BCUT2D eigenvalue weighted by molar-refractivity contribution is 5.28. The van der Waals surface area contributed by atoms with Gasteiger partial charge in [0, 0.05) is 6.42 Å². The van der Waals surface area contributed by atoms with Crippen molar-refractivity contribution in [3.63, 3.8) is 0 Å². The number of aromatic nitrogens is 3. The summed E-state index contributed by atoms with van der Waals surface area (Å²) < 4.78 is 50.3. The molecule has 0 spiro atoms. The zero-order valence-corrected chi connectivity index (χ0v) is 8.42. The molecule has 1 N–H and O–H groups in total. The van der Waals surface area contributed by atoms with E-state index in [0.29, 0.717) is 11.9 Å². The first-order chi connectivity index (χ1) is 7.95. The van der Waals surface area contributed by atoms with Crippen molar-refractivity contribution in [2.24, 2.45) is 0 Å². The summed E-state index contributed by atoms with van der Waals surface area (Å²) in [6.07, 6.45) is -3.25. The van der Waals surface area contributed by atoms with E-state index in [1.54, 1.807) is 0 Å². The minimum Gasteiger partial charge on any atom is -0.263 e. The lowest BCUT2D eigenvalue weighted by Gasteiger charge is -2.08. The molecule has 0 atom stereocenters. The lowest BCUT2D eigenvalue weighted by atomic mass is 10.1. The van der Waals surface area contributed by atoms with E-state index in [2.05, 4.69) is 15.2 Å². The van der Waals surface area contributed by atoms with E-state index in [0.717, 1.165) is 12.1 Å². The van der Waals surface area contributed by atoms with Gasteiger partial charge in [0.05, 0.1) is 5.56 Å². The van der Waals surface area contributed by atoms with Crippen molar-refractivity contribution in [2.75, 3.05) is 0 Å². The minimum atomic E-state index is -4.56. The van der Waals surface area contributed by atoms with Crippen LogP contribution in [0.15, 0.2) is 24.5 Å². The standard InChI is InChI=1S/C10H7F4N3/c11-8-2-6(3-9-15-5-16-17-9)1-7(4-8)10(12,13)14/h1-2,4-5H,3H2,(H,15,16,17). The smallest absolute Gasteiger partial charge is 0.263 e. The molecule has 0 fully saturated rings. The third-order valence-corrected chi connectivity index (χ3v) is 2.12. The Morgan fingerprint density at radius 1 is 1.18 bits per heavy atom. The fourth-order valence-corrected chi connectivity index (χ4v) is 1.43. The van der Waals surface area contributed by atoms with Crippen LogP contribution in [0.3, 0.4) is 0 Å². The van der Waals surface area contributed by atoms with E-state index in [4.69, 9.17) is 0 Å². The summed E-state index contributed by atoms with van der Waals surface area (Å²) in [6, 6.07) is 2.40. The quantitative estimate of drug-likeness (QED) is 0.826. The Morgan fingerprint density at radius 2 is 1.94 bits per heavy atom. The van der Waals surface area contributed by atoms with Crippen LogP contribution in [0.25, 0.3) is 0 Å². The predicted octanol–water partition coefficient (Wildman–Crippen LogP) is 2.55. The number of H-pyrrole nitrogens is 1. The van der Waals surface area contributed by atoms with Crippen LogP contribution in [0.2, 0.25) is 0 Å². The Morgan fingerprint density at radius 3 is 2.53 bits per heavy atom. The zero-order valence-electron chi connectivity index (χ0n) is 8.42. The van der Waals surface area contributed by atoms with Crippen LogP contribution >= 0.6 is 0 Å². The number of hydrogen-bond acceptors (Lipinski definition) is 2. The van der Waals surface area contributed by atoms with Gasteiger partial charge in [-0.2, -0.15) is 18.3 Å². The van der Waals surface area contributed by atoms with E-state index in [1.165, 1.54) is 6.33 Å². The molecule has 0 bridgehead atoms. The van der Waals surface area contributed by atoms with Gasteiger partial charge in [-0.25, -0.2) is 9.37 Å². The van der Waals surface area contributed by atoms with Gasteiger partial charge in [0.25, 0.3) is 0 Å². The lowest BCUT2D eigenvalue weighted by Crippen LogP contribution is -2.06. The Balaban J connectivity index is 2.32. The molecule has 0 unspecified atom stereocenters. The molecule has 0 aliphatic rings. The molecule has 0 aliphatic heterocycles. The second-order valence-electron chi connectivity index (χ2n) is 3.45. The second-order valence-corrected chi connectivity index (χ2v) is 3.45. The van der Waals surface area contributed by atoms with Gasteiger partial charge < -0.3 is 0 Å². The number of alkyl halides is 3. The Bertz CT molecular complexity index is 505. The first-order valence-corrected chi connectivity index (χ1v) is 4.66.